The van der Waals surface area contributed by atoms with Gasteiger partial charge in [0.25, 0.3) is 0 Å². The number of hydrogen-bond donors (Lipinski definition) is 1. The first-order valence-corrected chi connectivity index (χ1v) is 6.01. The maximum absolute atomic E-state index is 8.84. The van der Waals surface area contributed by atoms with Crippen LogP contribution in [0, 0.1) is 18.3 Å². The van der Waals surface area contributed by atoms with Gasteiger partial charge in [-0.05, 0) is 48.9 Å². The molecular formula is C14H11BrN2. The second-order valence-electron chi connectivity index (χ2n) is 3.78. The van der Waals surface area contributed by atoms with Crippen LogP contribution in [-0.4, -0.2) is 0 Å². The lowest BCUT2D eigenvalue weighted by Crippen LogP contribution is -1.93. The third kappa shape index (κ3) is 2.86. The van der Waals surface area contributed by atoms with Crippen LogP contribution in [0.25, 0.3) is 0 Å². The van der Waals surface area contributed by atoms with Crippen LogP contribution in [0.1, 0.15) is 11.1 Å². The number of nitrogens with one attached hydrogen (secondary N) is 1. The van der Waals surface area contributed by atoms with Crippen molar-refractivity contribution in [2.24, 2.45) is 0 Å². The summed E-state index contributed by atoms with van der Waals surface area (Å²) in [6.07, 6.45) is 0. The Morgan fingerprint density at radius 3 is 2.71 bits per heavy atom. The molecule has 0 unspecified atom stereocenters. The van der Waals surface area contributed by atoms with Crippen LogP contribution in [0.15, 0.2) is 46.9 Å². The number of benzene rings is 2. The minimum atomic E-state index is 0.657. The SMILES string of the molecule is Cc1cc(Br)ccc1Nc1cccc(C#N)c1. The molecule has 2 nitrogen and oxygen atoms in total. The normalized spacial score (nSPS) is 9.71. The molecule has 0 saturated heterocycles. The van der Waals surface area contributed by atoms with Crippen LogP contribution in [0.4, 0.5) is 11.4 Å². The quantitative estimate of drug-likeness (QED) is 0.890. The Hall–Kier alpha value is -1.79. The minimum absolute atomic E-state index is 0.657. The highest BCUT2D eigenvalue weighted by molar-refractivity contribution is 9.10. The van der Waals surface area contributed by atoms with E-state index in [0.717, 1.165) is 21.4 Å². The van der Waals surface area contributed by atoms with E-state index in [4.69, 9.17) is 5.26 Å². The summed E-state index contributed by atoms with van der Waals surface area (Å²) in [6.45, 7) is 2.04. The average Bonchev–Trinajstić information content (AvgIpc) is 2.33. The van der Waals surface area contributed by atoms with Crippen molar-refractivity contribution in [3.05, 3.63) is 58.1 Å². The molecule has 0 aliphatic rings. The zero-order valence-corrected chi connectivity index (χ0v) is 11.0. The number of halogens is 1. The van der Waals surface area contributed by atoms with Gasteiger partial charge in [0, 0.05) is 15.8 Å². The highest BCUT2D eigenvalue weighted by Gasteiger charge is 2.00. The van der Waals surface area contributed by atoms with Crippen LogP contribution in [0.2, 0.25) is 0 Å². The average molecular weight is 287 g/mol. The van der Waals surface area contributed by atoms with Gasteiger partial charge in [-0.2, -0.15) is 5.26 Å². The molecule has 0 saturated carbocycles. The molecule has 17 heavy (non-hydrogen) atoms. The van der Waals surface area contributed by atoms with Gasteiger partial charge >= 0.3 is 0 Å². The predicted molar refractivity (Wildman–Crippen MR) is 73.3 cm³/mol. The molecule has 0 aliphatic heterocycles. The molecule has 0 aliphatic carbocycles. The van der Waals surface area contributed by atoms with E-state index in [1.54, 1.807) is 6.07 Å². The van der Waals surface area contributed by atoms with Crippen LogP contribution >= 0.6 is 15.9 Å². The Morgan fingerprint density at radius 1 is 1.18 bits per heavy atom. The number of anilines is 2. The van der Waals surface area contributed by atoms with Gasteiger partial charge in [-0.3, -0.25) is 0 Å². The van der Waals surface area contributed by atoms with E-state index >= 15 is 0 Å². The molecule has 0 amide bonds. The lowest BCUT2D eigenvalue weighted by atomic mass is 10.1. The molecule has 0 aromatic heterocycles. The second-order valence-corrected chi connectivity index (χ2v) is 4.69. The molecule has 0 atom stereocenters. The van der Waals surface area contributed by atoms with Crippen molar-refractivity contribution in [1.82, 2.24) is 0 Å². The van der Waals surface area contributed by atoms with E-state index in [9.17, 15) is 0 Å². The highest BCUT2D eigenvalue weighted by atomic mass is 79.9. The van der Waals surface area contributed by atoms with Gasteiger partial charge in [-0.15, -0.1) is 0 Å². The molecule has 0 spiro atoms. The number of rotatable bonds is 2. The maximum atomic E-state index is 8.84. The molecule has 2 rings (SSSR count). The molecule has 2 aromatic rings. The lowest BCUT2D eigenvalue weighted by molar-refractivity contribution is 1.41. The summed E-state index contributed by atoms with van der Waals surface area (Å²) in [4.78, 5) is 0. The topological polar surface area (TPSA) is 35.8 Å². The van der Waals surface area contributed by atoms with Crippen molar-refractivity contribution in [3.8, 4) is 6.07 Å². The molecule has 1 N–H and O–H groups in total. The Bertz CT molecular complexity index is 585. The van der Waals surface area contributed by atoms with E-state index < -0.39 is 0 Å². The lowest BCUT2D eigenvalue weighted by Gasteiger charge is -2.10. The first-order valence-electron chi connectivity index (χ1n) is 5.22. The Balaban J connectivity index is 2.28. The van der Waals surface area contributed by atoms with Crippen molar-refractivity contribution >= 4 is 27.3 Å². The summed E-state index contributed by atoms with van der Waals surface area (Å²) in [5, 5.41) is 12.1. The number of hydrogen-bond acceptors (Lipinski definition) is 2. The first kappa shape index (κ1) is 11.7. The van der Waals surface area contributed by atoms with Crippen LogP contribution in [0.3, 0.4) is 0 Å². The summed E-state index contributed by atoms with van der Waals surface area (Å²) < 4.78 is 1.06. The third-order valence-electron chi connectivity index (χ3n) is 2.46. The molecule has 2 aromatic carbocycles. The van der Waals surface area contributed by atoms with Gasteiger partial charge in [0.05, 0.1) is 11.6 Å². The van der Waals surface area contributed by atoms with Crippen LogP contribution in [-0.2, 0) is 0 Å². The van der Waals surface area contributed by atoms with Gasteiger partial charge in [0.15, 0.2) is 0 Å². The molecular weight excluding hydrogens is 276 g/mol. The summed E-state index contributed by atoms with van der Waals surface area (Å²) in [5.41, 5.74) is 3.78. The summed E-state index contributed by atoms with van der Waals surface area (Å²) in [5.74, 6) is 0. The van der Waals surface area contributed by atoms with Gasteiger partial charge in [0.2, 0.25) is 0 Å². The zero-order valence-electron chi connectivity index (χ0n) is 9.37. The smallest absolute Gasteiger partial charge is 0.0992 e. The number of nitriles is 1. The second kappa shape index (κ2) is 5.03. The largest absolute Gasteiger partial charge is 0.355 e. The zero-order chi connectivity index (χ0) is 12.3. The standard InChI is InChI=1S/C14H11BrN2/c1-10-7-12(15)5-6-14(10)17-13-4-2-3-11(8-13)9-16/h2-8,17H,1H3. The molecule has 0 bridgehead atoms. The van der Waals surface area contributed by atoms with Crippen LogP contribution < -0.4 is 5.32 Å². The monoisotopic (exact) mass is 286 g/mol. The Labute approximate surface area is 109 Å². The summed E-state index contributed by atoms with van der Waals surface area (Å²) in [6, 6.07) is 15.6. The Morgan fingerprint density at radius 2 is 2.00 bits per heavy atom. The van der Waals surface area contributed by atoms with Crippen molar-refractivity contribution in [2.45, 2.75) is 6.92 Å². The van der Waals surface area contributed by atoms with E-state index in [1.807, 2.05) is 37.3 Å². The van der Waals surface area contributed by atoms with E-state index in [0.29, 0.717) is 5.56 Å². The van der Waals surface area contributed by atoms with Gasteiger partial charge in [-0.1, -0.05) is 22.0 Å². The number of aryl methyl sites for hydroxylation is 1. The highest BCUT2D eigenvalue weighted by Crippen LogP contribution is 2.24. The van der Waals surface area contributed by atoms with E-state index in [-0.39, 0.29) is 0 Å². The van der Waals surface area contributed by atoms with E-state index in [2.05, 4.69) is 33.4 Å². The maximum Gasteiger partial charge on any atom is 0.0992 e. The fourth-order valence-electron chi connectivity index (χ4n) is 1.59. The predicted octanol–water partition coefficient (Wildman–Crippen LogP) is 4.37. The fraction of sp³-hybridized carbons (Fsp3) is 0.0714. The van der Waals surface area contributed by atoms with Gasteiger partial charge in [0.1, 0.15) is 0 Å². The van der Waals surface area contributed by atoms with Crippen LogP contribution in [0.5, 0.6) is 0 Å². The molecule has 84 valence electrons. The minimum Gasteiger partial charge on any atom is -0.355 e. The van der Waals surface area contributed by atoms with Crippen molar-refractivity contribution in [3.63, 3.8) is 0 Å². The fourth-order valence-corrected chi connectivity index (χ4v) is 2.06. The third-order valence-corrected chi connectivity index (χ3v) is 2.95. The molecule has 0 heterocycles. The van der Waals surface area contributed by atoms with Gasteiger partial charge < -0.3 is 5.32 Å². The molecule has 0 fully saturated rings. The van der Waals surface area contributed by atoms with Crippen molar-refractivity contribution < 1.29 is 0 Å². The molecule has 3 heteroatoms. The number of nitrogens with zero attached hydrogens (tertiary/aromatic N) is 1. The van der Waals surface area contributed by atoms with Crippen molar-refractivity contribution in [1.29, 1.82) is 5.26 Å². The summed E-state index contributed by atoms with van der Waals surface area (Å²) >= 11 is 3.43. The Kier molecular flexibility index (Phi) is 3.46. The van der Waals surface area contributed by atoms with Crippen molar-refractivity contribution in [2.75, 3.05) is 5.32 Å². The van der Waals surface area contributed by atoms with Gasteiger partial charge in [-0.25, -0.2) is 0 Å². The summed E-state index contributed by atoms with van der Waals surface area (Å²) in [7, 11) is 0. The van der Waals surface area contributed by atoms with E-state index in [1.165, 1.54) is 0 Å². The first-order chi connectivity index (χ1) is 8.19. The molecule has 0 radical (unpaired) electrons.